The third kappa shape index (κ3) is 5.97. The van der Waals surface area contributed by atoms with E-state index in [0.717, 1.165) is 29.7 Å². The molecule has 0 amide bonds. The molecule has 2 atom stereocenters. The molecule has 0 spiro atoms. The van der Waals surface area contributed by atoms with E-state index in [1.54, 1.807) is 14.2 Å². The molecule has 0 heterocycles. The molecule has 0 fully saturated rings. The quantitative estimate of drug-likeness (QED) is 0.540. The molecule has 4 nitrogen and oxygen atoms in total. The molecule has 1 aromatic carbocycles. The summed E-state index contributed by atoms with van der Waals surface area (Å²) in [5.41, 5.74) is 4.42. The van der Waals surface area contributed by atoms with Gasteiger partial charge in [0.05, 0.1) is 25.6 Å². The second-order valence-electron chi connectivity index (χ2n) is 8.66. The first-order chi connectivity index (χ1) is 13.7. The number of methoxy groups -OCH3 is 2. The van der Waals surface area contributed by atoms with Gasteiger partial charge in [0.1, 0.15) is 5.76 Å². The largest absolute Gasteiger partial charge is 0.513 e. The van der Waals surface area contributed by atoms with E-state index in [0.29, 0.717) is 13.2 Å². The van der Waals surface area contributed by atoms with Gasteiger partial charge in [-0.2, -0.15) is 0 Å². The lowest BCUT2D eigenvalue weighted by molar-refractivity contribution is 0.127. The number of aliphatic hydroxyl groups is 1. The summed E-state index contributed by atoms with van der Waals surface area (Å²) in [5, 5.41) is 10.0. The zero-order valence-electron chi connectivity index (χ0n) is 18.7. The van der Waals surface area contributed by atoms with Crippen molar-refractivity contribution in [3.05, 3.63) is 65.1 Å². The van der Waals surface area contributed by atoms with E-state index in [4.69, 9.17) is 14.2 Å². The summed E-state index contributed by atoms with van der Waals surface area (Å²) >= 11 is 0. The number of ether oxygens (including phenoxy) is 3. The molecule has 29 heavy (non-hydrogen) atoms. The predicted molar refractivity (Wildman–Crippen MR) is 119 cm³/mol. The lowest BCUT2D eigenvalue weighted by Gasteiger charge is -2.30. The molecule has 0 aliphatic heterocycles. The lowest BCUT2D eigenvalue weighted by atomic mass is 9.76. The SMILES string of the molecule is C=C(O)C(Cc1ccc(C2=C(OC)C=C(COCC)CC2OC)cc1)C(C)(C)C. The Balaban J connectivity index is 2.31. The molecule has 0 saturated heterocycles. The van der Waals surface area contributed by atoms with Gasteiger partial charge in [-0.25, -0.2) is 0 Å². The van der Waals surface area contributed by atoms with Crippen molar-refractivity contribution in [2.75, 3.05) is 27.4 Å². The van der Waals surface area contributed by atoms with Crippen LogP contribution in [0, 0.1) is 11.3 Å². The summed E-state index contributed by atoms with van der Waals surface area (Å²) < 4.78 is 17.1. The van der Waals surface area contributed by atoms with Gasteiger partial charge in [-0.1, -0.05) is 51.6 Å². The summed E-state index contributed by atoms with van der Waals surface area (Å²) in [6, 6.07) is 8.45. The Morgan fingerprint density at radius 3 is 2.34 bits per heavy atom. The topological polar surface area (TPSA) is 47.9 Å². The average molecular weight is 401 g/mol. The van der Waals surface area contributed by atoms with E-state index in [1.165, 1.54) is 11.1 Å². The second-order valence-corrected chi connectivity index (χ2v) is 8.66. The zero-order chi connectivity index (χ0) is 21.6. The van der Waals surface area contributed by atoms with Crippen molar-refractivity contribution in [3.8, 4) is 0 Å². The Morgan fingerprint density at radius 1 is 1.21 bits per heavy atom. The third-order valence-corrected chi connectivity index (χ3v) is 5.52. The smallest absolute Gasteiger partial charge is 0.125 e. The van der Waals surface area contributed by atoms with Crippen LogP contribution in [0.25, 0.3) is 5.57 Å². The first kappa shape index (κ1) is 23.2. The highest BCUT2D eigenvalue weighted by Crippen LogP contribution is 2.36. The molecule has 2 rings (SSSR count). The first-order valence-corrected chi connectivity index (χ1v) is 10.3. The molecular formula is C25H36O4. The highest BCUT2D eigenvalue weighted by Gasteiger charge is 2.28. The van der Waals surface area contributed by atoms with Gasteiger partial charge < -0.3 is 19.3 Å². The number of hydrogen-bond donors (Lipinski definition) is 1. The minimum absolute atomic E-state index is 0.00700. The fourth-order valence-corrected chi connectivity index (χ4v) is 3.83. The van der Waals surface area contributed by atoms with Gasteiger partial charge in [-0.05, 0) is 41.5 Å². The van der Waals surface area contributed by atoms with Crippen LogP contribution in [0.3, 0.4) is 0 Å². The molecule has 0 saturated carbocycles. The van der Waals surface area contributed by atoms with Crippen LogP contribution in [0.15, 0.2) is 54.0 Å². The Kier molecular flexibility index (Phi) is 8.12. The second kappa shape index (κ2) is 10.1. The van der Waals surface area contributed by atoms with E-state index >= 15 is 0 Å². The molecule has 1 aliphatic rings. The Hall–Kier alpha value is -2.04. The summed E-state index contributed by atoms with van der Waals surface area (Å²) in [5.74, 6) is 1.07. The van der Waals surface area contributed by atoms with Crippen LogP contribution < -0.4 is 0 Å². The fraction of sp³-hybridized carbons (Fsp3) is 0.520. The van der Waals surface area contributed by atoms with Crippen LogP contribution in [-0.4, -0.2) is 38.6 Å². The minimum Gasteiger partial charge on any atom is -0.513 e. The minimum atomic E-state index is -0.0733. The van der Waals surface area contributed by atoms with Gasteiger partial charge in [0.15, 0.2) is 0 Å². The lowest BCUT2D eigenvalue weighted by Crippen LogP contribution is -2.24. The maximum absolute atomic E-state index is 10.0. The molecule has 2 unspecified atom stereocenters. The van der Waals surface area contributed by atoms with Crippen LogP contribution in [0.1, 0.15) is 45.2 Å². The monoisotopic (exact) mass is 400 g/mol. The third-order valence-electron chi connectivity index (χ3n) is 5.52. The predicted octanol–water partition coefficient (Wildman–Crippen LogP) is 5.70. The van der Waals surface area contributed by atoms with Gasteiger partial charge in [0.25, 0.3) is 0 Å². The Labute approximate surface area is 175 Å². The normalized spacial score (nSPS) is 18.4. The molecule has 1 aliphatic carbocycles. The maximum atomic E-state index is 10.0. The van der Waals surface area contributed by atoms with Gasteiger partial charge in [0, 0.05) is 31.6 Å². The van der Waals surface area contributed by atoms with Gasteiger partial charge in [-0.3, -0.25) is 0 Å². The van der Waals surface area contributed by atoms with E-state index in [9.17, 15) is 5.11 Å². The molecule has 0 bridgehead atoms. The molecule has 0 aromatic heterocycles. The Morgan fingerprint density at radius 2 is 1.86 bits per heavy atom. The fourth-order valence-electron chi connectivity index (χ4n) is 3.83. The van der Waals surface area contributed by atoms with Crippen LogP contribution in [-0.2, 0) is 20.6 Å². The van der Waals surface area contributed by atoms with Crippen molar-refractivity contribution in [1.82, 2.24) is 0 Å². The number of benzene rings is 1. The van der Waals surface area contributed by atoms with Crippen molar-refractivity contribution in [3.63, 3.8) is 0 Å². The van der Waals surface area contributed by atoms with Crippen molar-refractivity contribution in [2.45, 2.75) is 46.6 Å². The zero-order valence-corrected chi connectivity index (χ0v) is 18.7. The van der Waals surface area contributed by atoms with E-state index < -0.39 is 0 Å². The highest BCUT2D eigenvalue weighted by atomic mass is 16.5. The highest BCUT2D eigenvalue weighted by molar-refractivity contribution is 5.74. The van der Waals surface area contributed by atoms with E-state index in [-0.39, 0.29) is 23.2 Å². The molecule has 1 aromatic rings. The summed E-state index contributed by atoms with van der Waals surface area (Å²) in [6.45, 7) is 13.4. The van der Waals surface area contributed by atoms with Crippen molar-refractivity contribution in [2.24, 2.45) is 11.3 Å². The molecule has 160 valence electrons. The molecular weight excluding hydrogens is 364 g/mol. The van der Waals surface area contributed by atoms with Crippen LogP contribution in [0.2, 0.25) is 0 Å². The Bertz CT molecular complexity index is 750. The molecule has 4 heteroatoms. The number of allylic oxidation sites excluding steroid dienone is 2. The first-order valence-electron chi connectivity index (χ1n) is 10.3. The average Bonchev–Trinajstić information content (AvgIpc) is 2.69. The van der Waals surface area contributed by atoms with Gasteiger partial charge in [-0.15, -0.1) is 0 Å². The molecule has 1 N–H and O–H groups in total. The van der Waals surface area contributed by atoms with Crippen molar-refractivity contribution < 1.29 is 19.3 Å². The van der Waals surface area contributed by atoms with E-state index in [2.05, 4.69) is 57.7 Å². The van der Waals surface area contributed by atoms with Crippen LogP contribution in [0.5, 0.6) is 0 Å². The number of rotatable bonds is 9. The van der Waals surface area contributed by atoms with Crippen molar-refractivity contribution >= 4 is 5.57 Å². The van der Waals surface area contributed by atoms with E-state index in [1.807, 2.05) is 6.92 Å². The summed E-state index contributed by atoms with van der Waals surface area (Å²) in [4.78, 5) is 0. The number of aliphatic hydroxyl groups excluding tert-OH is 1. The standard InChI is InChI=1S/C25H36O4/c1-8-29-16-19-14-22(27-6)24(23(15-19)28-7)20-11-9-18(10-12-20)13-21(17(2)26)25(3,4)5/h9-12,14,21,23,26H,2,8,13,15-16H2,1,3-7H3. The maximum Gasteiger partial charge on any atom is 0.125 e. The summed E-state index contributed by atoms with van der Waals surface area (Å²) in [7, 11) is 3.42. The van der Waals surface area contributed by atoms with Crippen LogP contribution in [0.4, 0.5) is 0 Å². The van der Waals surface area contributed by atoms with Crippen LogP contribution >= 0.6 is 0 Å². The summed E-state index contributed by atoms with van der Waals surface area (Å²) in [6.07, 6.45) is 3.54. The van der Waals surface area contributed by atoms with Crippen molar-refractivity contribution in [1.29, 1.82) is 0 Å². The number of hydrogen-bond acceptors (Lipinski definition) is 4. The van der Waals surface area contributed by atoms with Gasteiger partial charge in [0.2, 0.25) is 0 Å². The molecule has 0 radical (unpaired) electrons. The van der Waals surface area contributed by atoms with Gasteiger partial charge >= 0.3 is 0 Å².